The molecule has 0 fully saturated rings. The van der Waals surface area contributed by atoms with E-state index in [0.29, 0.717) is 17.2 Å². The maximum absolute atomic E-state index is 13.4. The van der Waals surface area contributed by atoms with Crippen LogP contribution in [0.5, 0.6) is 0 Å². The molecule has 1 aromatic rings. The fraction of sp³-hybridized carbons (Fsp3) is 0.364. The third kappa shape index (κ3) is 2.19. The Hall–Kier alpha value is -1.10. The minimum atomic E-state index is -0.256. The van der Waals surface area contributed by atoms with Gasteiger partial charge in [-0.2, -0.15) is 5.10 Å². The Balaban J connectivity index is 2.15. The number of hydrazone groups is 1. The molecule has 1 aromatic carbocycles. The lowest BCUT2D eigenvalue weighted by Crippen LogP contribution is -2.30. The van der Waals surface area contributed by atoms with Crippen LogP contribution in [0.4, 0.5) is 10.1 Å². The highest BCUT2D eigenvalue weighted by atomic mass is 79.9. The van der Waals surface area contributed by atoms with Gasteiger partial charge in [-0.1, -0.05) is 0 Å². The number of rotatable bonds is 2. The van der Waals surface area contributed by atoms with E-state index in [1.165, 1.54) is 6.07 Å². The Bertz CT molecular complexity index is 420. The van der Waals surface area contributed by atoms with E-state index < -0.39 is 0 Å². The molecule has 0 amide bonds. The Kier molecular flexibility index (Phi) is 3.14. The fourth-order valence-corrected chi connectivity index (χ4v) is 1.71. The van der Waals surface area contributed by atoms with Crippen molar-refractivity contribution in [1.29, 1.82) is 0 Å². The average molecular weight is 286 g/mol. The molecule has 1 heterocycles. The van der Waals surface area contributed by atoms with Crippen LogP contribution in [-0.2, 0) is 0 Å². The first-order valence-electron chi connectivity index (χ1n) is 5.10. The van der Waals surface area contributed by atoms with Crippen LogP contribution in [-0.4, -0.2) is 24.1 Å². The van der Waals surface area contributed by atoms with Gasteiger partial charge in [0.2, 0.25) is 0 Å². The van der Waals surface area contributed by atoms with Crippen molar-refractivity contribution in [2.45, 2.75) is 19.9 Å². The van der Waals surface area contributed by atoms with Crippen molar-refractivity contribution < 1.29 is 4.39 Å². The Morgan fingerprint density at radius 1 is 1.44 bits per heavy atom. The van der Waals surface area contributed by atoms with Gasteiger partial charge in [0, 0.05) is 11.7 Å². The third-order valence-electron chi connectivity index (χ3n) is 2.47. The highest BCUT2D eigenvalue weighted by molar-refractivity contribution is 9.10. The molecule has 1 aliphatic heterocycles. The summed E-state index contributed by atoms with van der Waals surface area (Å²) in [7, 11) is 0. The molecule has 0 N–H and O–H groups in total. The van der Waals surface area contributed by atoms with Crippen molar-refractivity contribution in [1.82, 2.24) is 5.01 Å². The molecule has 0 atom stereocenters. The smallest absolute Gasteiger partial charge is 0.139 e. The third-order valence-corrected chi connectivity index (χ3v) is 3.11. The van der Waals surface area contributed by atoms with Crippen LogP contribution in [0.3, 0.4) is 0 Å². The predicted octanol–water partition coefficient (Wildman–Crippen LogP) is 3.02. The molecule has 2 rings (SSSR count). The summed E-state index contributed by atoms with van der Waals surface area (Å²) in [6.45, 7) is 4.81. The standard InChI is InChI=1S/C11H13BrFN3/c1-8(2)16-7-15(6-14-16)9-3-4-10(12)11(13)5-9/h3-6,8H,7H2,1-2H3. The van der Waals surface area contributed by atoms with Crippen molar-refractivity contribution in [2.75, 3.05) is 11.6 Å². The van der Waals surface area contributed by atoms with E-state index >= 15 is 0 Å². The van der Waals surface area contributed by atoms with E-state index in [2.05, 4.69) is 34.9 Å². The molecule has 0 saturated heterocycles. The first-order chi connectivity index (χ1) is 7.58. The quantitative estimate of drug-likeness (QED) is 0.832. The van der Waals surface area contributed by atoms with E-state index in [1.807, 2.05) is 16.0 Å². The zero-order chi connectivity index (χ0) is 11.7. The number of nitrogens with zero attached hydrogens (tertiary/aromatic N) is 3. The maximum atomic E-state index is 13.4. The second-order valence-electron chi connectivity index (χ2n) is 3.97. The minimum absolute atomic E-state index is 0.256. The summed E-state index contributed by atoms with van der Waals surface area (Å²) in [5, 5.41) is 6.19. The lowest BCUT2D eigenvalue weighted by molar-refractivity contribution is 0.258. The number of anilines is 1. The van der Waals surface area contributed by atoms with Gasteiger partial charge in [-0.15, -0.1) is 0 Å². The molecular formula is C11H13BrFN3. The summed E-state index contributed by atoms with van der Waals surface area (Å²) in [5.41, 5.74) is 0.813. The molecule has 0 saturated carbocycles. The molecular weight excluding hydrogens is 273 g/mol. The van der Waals surface area contributed by atoms with Crippen molar-refractivity contribution in [2.24, 2.45) is 5.10 Å². The number of halogens is 2. The largest absolute Gasteiger partial charge is 0.311 e. The van der Waals surface area contributed by atoms with Gasteiger partial charge in [0.15, 0.2) is 0 Å². The zero-order valence-electron chi connectivity index (χ0n) is 9.19. The Morgan fingerprint density at radius 3 is 2.75 bits per heavy atom. The first kappa shape index (κ1) is 11.4. The van der Waals surface area contributed by atoms with Gasteiger partial charge in [0.25, 0.3) is 0 Å². The van der Waals surface area contributed by atoms with Gasteiger partial charge in [-0.05, 0) is 48.0 Å². The summed E-state index contributed by atoms with van der Waals surface area (Å²) in [6, 6.07) is 5.42. The van der Waals surface area contributed by atoms with E-state index in [4.69, 9.17) is 0 Å². The lowest BCUT2D eigenvalue weighted by Gasteiger charge is -2.21. The summed E-state index contributed by atoms with van der Waals surface area (Å²) in [6.07, 6.45) is 1.72. The normalized spacial score (nSPS) is 15.3. The Morgan fingerprint density at radius 2 is 2.19 bits per heavy atom. The topological polar surface area (TPSA) is 18.8 Å². The second-order valence-corrected chi connectivity index (χ2v) is 4.83. The maximum Gasteiger partial charge on any atom is 0.139 e. The van der Waals surface area contributed by atoms with Crippen LogP contribution in [0.25, 0.3) is 0 Å². The van der Waals surface area contributed by atoms with Crippen LogP contribution in [0.15, 0.2) is 27.8 Å². The molecule has 0 radical (unpaired) electrons. The highest BCUT2D eigenvalue weighted by Gasteiger charge is 2.18. The molecule has 5 heteroatoms. The summed E-state index contributed by atoms with van der Waals surface area (Å²) < 4.78 is 13.8. The second kappa shape index (κ2) is 4.41. The number of benzene rings is 1. The fourth-order valence-electron chi connectivity index (χ4n) is 1.47. The zero-order valence-corrected chi connectivity index (χ0v) is 10.8. The molecule has 3 nitrogen and oxygen atoms in total. The molecule has 1 aliphatic rings. The average Bonchev–Trinajstić information content (AvgIpc) is 2.71. The molecule has 16 heavy (non-hydrogen) atoms. The van der Waals surface area contributed by atoms with Gasteiger partial charge >= 0.3 is 0 Å². The van der Waals surface area contributed by atoms with Gasteiger partial charge in [-0.25, -0.2) is 4.39 Å². The number of hydrogen-bond acceptors (Lipinski definition) is 3. The van der Waals surface area contributed by atoms with E-state index in [0.717, 1.165) is 5.69 Å². The van der Waals surface area contributed by atoms with Crippen LogP contribution < -0.4 is 4.90 Å². The van der Waals surface area contributed by atoms with Crippen LogP contribution in [0.1, 0.15) is 13.8 Å². The van der Waals surface area contributed by atoms with Crippen LogP contribution in [0, 0.1) is 5.82 Å². The van der Waals surface area contributed by atoms with E-state index in [-0.39, 0.29) is 5.82 Å². The van der Waals surface area contributed by atoms with Gasteiger partial charge < -0.3 is 4.90 Å². The molecule has 0 unspecified atom stereocenters. The summed E-state index contributed by atoms with van der Waals surface area (Å²) >= 11 is 3.14. The van der Waals surface area contributed by atoms with Crippen molar-refractivity contribution in [3.63, 3.8) is 0 Å². The predicted molar refractivity (Wildman–Crippen MR) is 66.9 cm³/mol. The van der Waals surface area contributed by atoms with Gasteiger partial charge in [0.05, 0.1) is 4.47 Å². The van der Waals surface area contributed by atoms with Crippen LogP contribution >= 0.6 is 15.9 Å². The van der Waals surface area contributed by atoms with Crippen molar-refractivity contribution in [3.8, 4) is 0 Å². The molecule has 86 valence electrons. The van der Waals surface area contributed by atoms with Gasteiger partial charge in [-0.3, -0.25) is 5.01 Å². The molecule has 0 bridgehead atoms. The number of hydrogen-bond donors (Lipinski definition) is 0. The van der Waals surface area contributed by atoms with Gasteiger partial charge in [0.1, 0.15) is 18.8 Å². The molecule has 0 spiro atoms. The highest BCUT2D eigenvalue weighted by Crippen LogP contribution is 2.23. The first-order valence-corrected chi connectivity index (χ1v) is 5.89. The SMILES string of the molecule is CC(C)N1CN(c2ccc(Br)c(F)c2)C=N1. The lowest BCUT2D eigenvalue weighted by atomic mass is 10.3. The molecule has 0 aromatic heterocycles. The molecule has 0 aliphatic carbocycles. The van der Waals surface area contributed by atoms with Crippen LogP contribution in [0.2, 0.25) is 0 Å². The van der Waals surface area contributed by atoms with E-state index in [9.17, 15) is 4.39 Å². The van der Waals surface area contributed by atoms with E-state index in [1.54, 1.807) is 12.4 Å². The minimum Gasteiger partial charge on any atom is -0.311 e. The monoisotopic (exact) mass is 285 g/mol. The summed E-state index contributed by atoms with van der Waals surface area (Å²) in [4.78, 5) is 1.91. The Labute approximate surface area is 103 Å². The van der Waals surface area contributed by atoms with Crippen molar-refractivity contribution >= 4 is 28.0 Å². The summed E-state index contributed by atoms with van der Waals surface area (Å²) in [5.74, 6) is -0.256. The van der Waals surface area contributed by atoms with Crippen molar-refractivity contribution in [3.05, 3.63) is 28.5 Å².